The zero-order valence-electron chi connectivity index (χ0n) is 17.9. The van der Waals surface area contributed by atoms with Crippen LogP contribution in [0.15, 0.2) is 71.6 Å². The Bertz CT molecular complexity index is 1400. The lowest BCUT2D eigenvalue weighted by Gasteiger charge is -2.08. The molecule has 10 heteroatoms. The van der Waals surface area contributed by atoms with Crippen molar-refractivity contribution in [2.24, 2.45) is 0 Å². The summed E-state index contributed by atoms with van der Waals surface area (Å²) in [6.45, 7) is 3.55. The van der Waals surface area contributed by atoms with E-state index in [0.29, 0.717) is 17.1 Å². The number of hydrogen-bond acceptors (Lipinski definition) is 7. The lowest BCUT2D eigenvalue weighted by molar-refractivity contribution is 0.0694. The molecule has 0 radical (unpaired) electrons. The fourth-order valence-corrected chi connectivity index (χ4v) is 3.94. The van der Waals surface area contributed by atoms with Crippen LogP contribution in [-0.2, 0) is 10.0 Å². The highest BCUT2D eigenvalue weighted by molar-refractivity contribution is 7.92. The number of benzene rings is 3. The van der Waals surface area contributed by atoms with Crippen LogP contribution in [0.5, 0.6) is 5.75 Å². The Balaban J connectivity index is 0.000000194. The molecule has 0 bridgehead atoms. The number of aryl methyl sites for hydroxylation is 2. The molecule has 0 fully saturated rings. The first kappa shape index (κ1) is 23.5. The number of nitrogen functional groups attached to an aromatic ring is 1. The Kier molecular flexibility index (Phi) is 6.78. The van der Waals surface area contributed by atoms with Gasteiger partial charge in [-0.2, -0.15) is 0 Å². The molecule has 0 saturated carbocycles. The molecule has 0 saturated heterocycles. The highest BCUT2D eigenvalue weighted by Gasteiger charge is 2.15. The van der Waals surface area contributed by atoms with Crippen molar-refractivity contribution in [3.05, 3.63) is 83.7 Å². The molecule has 4 rings (SSSR count). The van der Waals surface area contributed by atoms with Crippen molar-refractivity contribution in [3.8, 4) is 5.75 Å². The topological polar surface area (TPSA) is 155 Å². The van der Waals surface area contributed by atoms with E-state index in [1.54, 1.807) is 26.0 Å². The number of phenols is 1. The predicted octanol–water partition coefficient (Wildman–Crippen LogP) is 3.72. The Morgan fingerprint density at radius 1 is 0.909 bits per heavy atom. The van der Waals surface area contributed by atoms with Crippen molar-refractivity contribution in [2.75, 3.05) is 10.5 Å². The summed E-state index contributed by atoms with van der Waals surface area (Å²) < 4.78 is 26.6. The number of aromatic hydroxyl groups is 1. The van der Waals surface area contributed by atoms with Gasteiger partial charge in [-0.1, -0.05) is 24.3 Å². The van der Waals surface area contributed by atoms with Crippen LogP contribution in [0, 0.1) is 13.8 Å². The van der Waals surface area contributed by atoms with E-state index in [4.69, 9.17) is 10.8 Å². The average Bonchev–Trinajstić information content (AvgIpc) is 2.72. The number of rotatable bonds is 4. The molecule has 5 N–H and O–H groups in total. The van der Waals surface area contributed by atoms with Gasteiger partial charge in [0, 0.05) is 17.1 Å². The zero-order valence-corrected chi connectivity index (χ0v) is 18.7. The quantitative estimate of drug-likeness (QED) is 0.332. The number of sulfonamides is 1. The first-order valence-electron chi connectivity index (χ1n) is 9.71. The van der Waals surface area contributed by atoms with E-state index in [0.717, 1.165) is 10.8 Å². The largest absolute Gasteiger partial charge is 0.507 e. The van der Waals surface area contributed by atoms with Gasteiger partial charge in [-0.25, -0.2) is 27.9 Å². The van der Waals surface area contributed by atoms with Crippen LogP contribution in [0.2, 0.25) is 0 Å². The summed E-state index contributed by atoms with van der Waals surface area (Å²) in [5.74, 6) is -1.25. The van der Waals surface area contributed by atoms with Gasteiger partial charge < -0.3 is 15.9 Å². The summed E-state index contributed by atoms with van der Waals surface area (Å²) in [6.07, 6.45) is 0. The van der Waals surface area contributed by atoms with Crippen LogP contribution < -0.4 is 10.5 Å². The van der Waals surface area contributed by atoms with Gasteiger partial charge in [0.1, 0.15) is 11.3 Å². The zero-order chi connectivity index (χ0) is 24.2. The third kappa shape index (κ3) is 5.95. The number of carboxylic acids is 1. The number of carbonyl (C=O) groups is 1. The van der Waals surface area contributed by atoms with Crippen LogP contribution in [0.3, 0.4) is 0 Å². The van der Waals surface area contributed by atoms with E-state index < -0.39 is 16.0 Å². The third-order valence-electron chi connectivity index (χ3n) is 4.49. The summed E-state index contributed by atoms with van der Waals surface area (Å²) in [4.78, 5) is 18.9. The fraction of sp³-hybridized carbons (Fsp3) is 0.0870. The molecule has 33 heavy (non-hydrogen) atoms. The van der Waals surface area contributed by atoms with Crippen LogP contribution in [0.1, 0.15) is 21.7 Å². The van der Waals surface area contributed by atoms with Gasteiger partial charge in [0.25, 0.3) is 10.0 Å². The molecule has 0 atom stereocenters. The molecule has 1 aromatic heterocycles. The van der Waals surface area contributed by atoms with E-state index in [2.05, 4.69) is 14.7 Å². The van der Waals surface area contributed by atoms with E-state index in [1.807, 2.05) is 18.2 Å². The minimum Gasteiger partial charge on any atom is -0.507 e. The molecule has 170 valence electrons. The Labute approximate surface area is 190 Å². The average molecular weight is 467 g/mol. The van der Waals surface area contributed by atoms with E-state index in [-0.39, 0.29) is 22.2 Å². The number of nitrogens with two attached hydrogens (primary N) is 1. The van der Waals surface area contributed by atoms with Gasteiger partial charge in [-0.15, -0.1) is 0 Å². The number of anilines is 2. The number of aromatic nitrogens is 2. The van der Waals surface area contributed by atoms with Crippen molar-refractivity contribution in [2.45, 2.75) is 18.7 Å². The minimum absolute atomic E-state index is 0.0642. The monoisotopic (exact) mass is 466 g/mol. The Morgan fingerprint density at radius 2 is 1.45 bits per heavy atom. The number of hydrogen-bond donors (Lipinski definition) is 4. The molecule has 0 aliphatic heterocycles. The van der Waals surface area contributed by atoms with E-state index in [9.17, 15) is 18.3 Å². The van der Waals surface area contributed by atoms with Crippen LogP contribution in [0.25, 0.3) is 10.8 Å². The van der Waals surface area contributed by atoms with Gasteiger partial charge in [0.2, 0.25) is 5.95 Å². The number of aromatic carboxylic acids is 1. The molecule has 1 heterocycles. The van der Waals surface area contributed by atoms with Gasteiger partial charge >= 0.3 is 5.97 Å². The maximum Gasteiger partial charge on any atom is 0.339 e. The van der Waals surface area contributed by atoms with Crippen LogP contribution in [0.4, 0.5) is 11.6 Å². The lowest BCUT2D eigenvalue weighted by atomic mass is 10.1. The molecular formula is C23H22N4O5S. The molecule has 3 aromatic carbocycles. The second-order valence-corrected chi connectivity index (χ2v) is 8.85. The minimum atomic E-state index is -3.69. The lowest BCUT2D eigenvalue weighted by Crippen LogP contribution is -2.15. The maximum absolute atomic E-state index is 12.1. The summed E-state index contributed by atoms with van der Waals surface area (Å²) in [5.41, 5.74) is 7.35. The standard InChI is InChI=1S/C12H14N4O2S.C11H8O3/c1-8-7-9(2)15-12(14-8)16-19(17,18)11-5-3-10(13)4-6-11;12-10-6-8-4-2-1-3-7(8)5-9(10)11(13)14/h3-7H,13H2,1-2H3,(H,14,15,16);1-6,12H,(H,13,14). The number of nitrogens with zero attached hydrogens (tertiary/aromatic N) is 2. The second-order valence-electron chi connectivity index (χ2n) is 7.17. The first-order valence-corrected chi connectivity index (χ1v) is 11.2. The summed E-state index contributed by atoms with van der Waals surface area (Å²) in [7, 11) is -3.69. The molecule has 4 aromatic rings. The molecule has 0 spiro atoms. The van der Waals surface area contributed by atoms with E-state index in [1.165, 1.54) is 36.4 Å². The first-order chi connectivity index (χ1) is 15.5. The van der Waals surface area contributed by atoms with Crippen molar-refractivity contribution in [3.63, 3.8) is 0 Å². The van der Waals surface area contributed by atoms with Gasteiger partial charge in [0.15, 0.2) is 0 Å². The molecule has 0 aliphatic carbocycles. The second kappa shape index (κ2) is 9.53. The highest BCUT2D eigenvalue weighted by atomic mass is 32.2. The van der Waals surface area contributed by atoms with Crippen LogP contribution >= 0.6 is 0 Å². The molecule has 0 aliphatic rings. The van der Waals surface area contributed by atoms with Crippen LogP contribution in [-0.4, -0.2) is 34.6 Å². The summed E-state index contributed by atoms with van der Waals surface area (Å²) >= 11 is 0. The number of carboxylic acid groups (broad SMARTS) is 1. The number of nitrogens with one attached hydrogen (secondary N) is 1. The third-order valence-corrected chi connectivity index (χ3v) is 5.84. The Morgan fingerprint density at radius 3 is 2.00 bits per heavy atom. The summed E-state index contributed by atoms with van der Waals surface area (Å²) in [6, 6.07) is 17.9. The van der Waals surface area contributed by atoms with E-state index >= 15 is 0 Å². The van der Waals surface area contributed by atoms with Crippen molar-refractivity contribution in [1.29, 1.82) is 0 Å². The molecule has 9 nitrogen and oxygen atoms in total. The normalized spacial score (nSPS) is 10.8. The molecular weight excluding hydrogens is 444 g/mol. The van der Waals surface area contributed by atoms with Gasteiger partial charge in [0.05, 0.1) is 4.90 Å². The van der Waals surface area contributed by atoms with Crippen molar-refractivity contribution in [1.82, 2.24) is 9.97 Å². The Hall–Kier alpha value is -4.18. The SMILES string of the molecule is Cc1cc(C)nc(NS(=O)(=O)c2ccc(N)cc2)n1.O=C(O)c1cc2ccccc2cc1O. The summed E-state index contributed by atoms with van der Waals surface area (Å²) in [5, 5.41) is 19.8. The van der Waals surface area contributed by atoms with Crippen molar-refractivity contribution >= 4 is 38.4 Å². The van der Waals surface area contributed by atoms with Gasteiger partial charge in [-0.3, -0.25) is 0 Å². The predicted molar refractivity (Wildman–Crippen MR) is 126 cm³/mol. The fourth-order valence-electron chi connectivity index (χ4n) is 3.00. The van der Waals surface area contributed by atoms with Crippen molar-refractivity contribution < 1.29 is 23.4 Å². The van der Waals surface area contributed by atoms with Gasteiger partial charge in [-0.05, 0) is 67.1 Å². The molecule has 0 unspecified atom stereocenters. The highest BCUT2D eigenvalue weighted by Crippen LogP contribution is 2.24. The maximum atomic E-state index is 12.1. The smallest absolute Gasteiger partial charge is 0.339 e. The number of fused-ring (bicyclic) bond motifs is 1. The molecule has 0 amide bonds.